The summed E-state index contributed by atoms with van der Waals surface area (Å²) in [5.41, 5.74) is 2.12. The lowest BCUT2D eigenvalue weighted by molar-refractivity contribution is 0.102. The molecule has 1 aromatic carbocycles. The molecule has 1 amide bonds. The third kappa shape index (κ3) is 3.63. The van der Waals surface area contributed by atoms with Gasteiger partial charge >= 0.3 is 0 Å². The van der Waals surface area contributed by atoms with Crippen LogP contribution >= 0.6 is 0 Å². The van der Waals surface area contributed by atoms with E-state index in [2.05, 4.69) is 20.7 Å². The molecule has 0 unspecified atom stereocenters. The maximum Gasteiger partial charge on any atom is 0.261 e. The number of carbonyl (C=O) groups is 1. The highest BCUT2D eigenvalue weighted by Gasteiger charge is 2.22. The maximum absolute atomic E-state index is 12.8. The zero-order chi connectivity index (χ0) is 19.5. The van der Waals surface area contributed by atoms with Crippen molar-refractivity contribution in [1.29, 1.82) is 0 Å². The molecule has 0 radical (unpaired) electrons. The molecular weight excluding hydrogens is 358 g/mol. The number of piperidine rings is 1. The number of fused-ring (bicyclic) bond motifs is 1. The zero-order valence-corrected chi connectivity index (χ0v) is 15.7. The third-order valence-corrected chi connectivity index (χ3v) is 4.90. The largest absolute Gasteiger partial charge is 0.494 e. The van der Waals surface area contributed by atoms with Crippen LogP contribution in [0.2, 0.25) is 0 Å². The molecule has 2 aromatic heterocycles. The zero-order valence-electron chi connectivity index (χ0n) is 15.7. The first kappa shape index (κ1) is 18.2. The number of rotatable bonds is 5. The SMILES string of the molecule is CCOc1ccc(NC(=O)c2cnn3c(O)cc(C4CCNCC4)nc23)cc1. The molecular formula is C20H23N5O3. The first-order valence-corrected chi connectivity index (χ1v) is 9.48. The second-order valence-electron chi connectivity index (χ2n) is 6.77. The predicted molar refractivity (Wildman–Crippen MR) is 105 cm³/mol. The number of benzene rings is 1. The van der Waals surface area contributed by atoms with Crippen molar-refractivity contribution in [3.63, 3.8) is 0 Å². The van der Waals surface area contributed by atoms with Crippen LogP contribution in [0.25, 0.3) is 5.65 Å². The van der Waals surface area contributed by atoms with Crippen molar-refractivity contribution in [3.05, 3.63) is 47.8 Å². The van der Waals surface area contributed by atoms with Crippen LogP contribution in [-0.2, 0) is 0 Å². The van der Waals surface area contributed by atoms with Gasteiger partial charge in [0, 0.05) is 17.7 Å². The molecule has 3 heterocycles. The fourth-order valence-corrected chi connectivity index (χ4v) is 3.45. The summed E-state index contributed by atoms with van der Waals surface area (Å²) in [4.78, 5) is 17.4. The normalized spacial score (nSPS) is 14.9. The number of hydrogen-bond donors (Lipinski definition) is 3. The molecule has 1 aliphatic rings. The number of anilines is 1. The molecule has 3 N–H and O–H groups in total. The Bertz CT molecular complexity index is 977. The molecule has 8 heteroatoms. The van der Waals surface area contributed by atoms with Gasteiger partial charge < -0.3 is 20.5 Å². The van der Waals surface area contributed by atoms with Crippen LogP contribution in [0.5, 0.6) is 11.6 Å². The molecule has 8 nitrogen and oxygen atoms in total. The maximum atomic E-state index is 12.8. The number of aromatic hydroxyl groups is 1. The standard InChI is InChI=1S/C20H23N5O3/c1-2-28-15-5-3-14(4-6-15)23-20(27)16-12-22-25-18(26)11-17(24-19(16)25)13-7-9-21-10-8-13/h3-6,11-13,21,26H,2,7-10H2,1H3,(H,23,27). The van der Waals surface area contributed by atoms with Gasteiger partial charge in [-0.05, 0) is 57.1 Å². The Labute approximate surface area is 162 Å². The fraction of sp³-hybridized carbons (Fsp3) is 0.350. The molecule has 28 heavy (non-hydrogen) atoms. The van der Waals surface area contributed by atoms with Gasteiger partial charge in [-0.2, -0.15) is 9.61 Å². The summed E-state index contributed by atoms with van der Waals surface area (Å²) in [5.74, 6) is 0.663. The van der Waals surface area contributed by atoms with Crippen LogP contribution in [0.15, 0.2) is 36.5 Å². The number of amides is 1. The highest BCUT2D eigenvalue weighted by Crippen LogP contribution is 2.28. The van der Waals surface area contributed by atoms with Crippen molar-refractivity contribution in [1.82, 2.24) is 19.9 Å². The molecule has 1 fully saturated rings. The Morgan fingerprint density at radius 2 is 2.07 bits per heavy atom. The second kappa shape index (κ2) is 7.85. The summed E-state index contributed by atoms with van der Waals surface area (Å²) in [6.07, 6.45) is 3.33. The third-order valence-electron chi connectivity index (χ3n) is 4.90. The minimum Gasteiger partial charge on any atom is -0.494 e. The molecule has 4 rings (SSSR count). The summed E-state index contributed by atoms with van der Waals surface area (Å²) in [6.45, 7) is 4.34. The van der Waals surface area contributed by atoms with Crippen molar-refractivity contribution < 1.29 is 14.6 Å². The van der Waals surface area contributed by atoms with Gasteiger partial charge in [0.25, 0.3) is 5.91 Å². The first-order valence-electron chi connectivity index (χ1n) is 9.48. The lowest BCUT2D eigenvalue weighted by atomic mass is 9.94. The minimum atomic E-state index is -0.325. The molecule has 0 spiro atoms. The average molecular weight is 381 g/mol. The van der Waals surface area contributed by atoms with Gasteiger partial charge in [-0.1, -0.05) is 0 Å². The van der Waals surface area contributed by atoms with Crippen molar-refractivity contribution in [2.45, 2.75) is 25.7 Å². The number of hydrogen-bond acceptors (Lipinski definition) is 6. The Morgan fingerprint density at radius 3 is 2.79 bits per heavy atom. The van der Waals surface area contributed by atoms with Gasteiger partial charge in [0.15, 0.2) is 5.65 Å². The number of nitrogens with zero attached hydrogens (tertiary/aromatic N) is 3. The van der Waals surface area contributed by atoms with Gasteiger partial charge in [-0.25, -0.2) is 4.98 Å². The minimum absolute atomic E-state index is 0.0151. The van der Waals surface area contributed by atoms with Crippen molar-refractivity contribution in [2.24, 2.45) is 0 Å². The van der Waals surface area contributed by atoms with E-state index in [-0.39, 0.29) is 17.7 Å². The van der Waals surface area contributed by atoms with E-state index >= 15 is 0 Å². The Kier molecular flexibility index (Phi) is 5.12. The van der Waals surface area contributed by atoms with E-state index in [9.17, 15) is 9.90 Å². The summed E-state index contributed by atoms with van der Waals surface area (Å²) in [5, 5.41) is 20.6. The fourth-order valence-electron chi connectivity index (χ4n) is 3.45. The van der Waals surface area contributed by atoms with Crippen LogP contribution in [0.4, 0.5) is 5.69 Å². The van der Waals surface area contributed by atoms with Gasteiger partial charge in [0.1, 0.15) is 11.3 Å². The Balaban J connectivity index is 1.60. The van der Waals surface area contributed by atoms with Crippen molar-refractivity contribution in [2.75, 3.05) is 25.0 Å². The molecule has 3 aromatic rings. The molecule has 0 bridgehead atoms. The molecule has 0 atom stereocenters. The van der Waals surface area contributed by atoms with Crippen molar-refractivity contribution in [3.8, 4) is 11.6 Å². The highest BCUT2D eigenvalue weighted by atomic mass is 16.5. The van der Waals surface area contributed by atoms with E-state index in [0.717, 1.165) is 37.4 Å². The van der Waals surface area contributed by atoms with Crippen molar-refractivity contribution >= 4 is 17.2 Å². The van der Waals surface area contributed by atoms with E-state index in [4.69, 9.17) is 4.74 Å². The van der Waals surface area contributed by atoms with E-state index < -0.39 is 0 Å². The molecule has 146 valence electrons. The Morgan fingerprint density at radius 1 is 1.32 bits per heavy atom. The predicted octanol–water partition coefficient (Wildman–Crippen LogP) is 2.55. The van der Waals surface area contributed by atoms with Gasteiger partial charge in [0.2, 0.25) is 5.88 Å². The second-order valence-corrected chi connectivity index (χ2v) is 6.77. The van der Waals surface area contributed by atoms with E-state index in [1.807, 2.05) is 6.92 Å². The van der Waals surface area contributed by atoms with Crippen LogP contribution in [0, 0.1) is 0 Å². The summed E-state index contributed by atoms with van der Waals surface area (Å²) in [6, 6.07) is 8.80. The lowest BCUT2D eigenvalue weighted by Gasteiger charge is -2.22. The van der Waals surface area contributed by atoms with Crippen LogP contribution in [0.1, 0.15) is 41.7 Å². The van der Waals surface area contributed by atoms with Gasteiger partial charge in [0.05, 0.1) is 18.5 Å². The lowest BCUT2D eigenvalue weighted by Crippen LogP contribution is -2.27. The molecule has 0 aliphatic carbocycles. The number of carbonyl (C=O) groups excluding carboxylic acids is 1. The van der Waals surface area contributed by atoms with Gasteiger partial charge in [-0.3, -0.25) is 4.79 Å². The summed E-state index contributed by atoms with van der Waals surface area (Å²) in [7, 11) is 0. The average Bonchev–Trinajstić information content (AvgIpc) is 3.15. The van der Waals surface area contributed by atoms with E-state index in [1.165, 1.54) is 10.7 Å². The van der Waals surface area contributed by atoms with Gasteiger partial charge in [-0.15, -0.1) is 0 Å². The van der Waals surface area contributed by atoms with E-state index in [0.29, 0.717) is 23.5 Å². The van der Waals surface area contributed by atoms with E-state index in [1.54, 1.807) is 30.3 Å². The quantitative estimate of drug-likeness (QED) is 0.628. The van der Waals surface area contributed by atoms with Crippen LogP contribution in [-0.4, -0.2) is 45.3 Å². The molecule has 0 saturated carbocycles. The number of ether oxygens (including phenoxy) is 1. The molecule has 1 saturated heterocycles. The Hall–Kier alpha value is -3.13. The molecule has 1 aliphatic heterocycles. The number of aromatic nitrogens is 3. The topological polar surface area (TPSA) is 101 Å². The van der Waals surface area contributed by atoms with Crippen LogP contribution in [0.3, 0.4) is 0 Å². The summed E-state index contributed by atoms with van der Waals surface area (Å²) >= 11 is 0. The number of nitrogens with one attached hydrogen (secondary N) is 2. The highest BCUT2D eigenvalue weighted by molar-refractivity contribution is 6.08. The monoisotopic (exact) mass is 381 g/mol. The van der Waals surface area contributed by atoms with Crippen LogP contribution < -0.4 is 15.4 Å². The first-order chi connectivity index (χ1) is 13.7. The summed E-state index contributed by atoms with van der Waals surface area (Å²) < 4.78 is 6.70. The smallest absolute Gasteiger partial charge is 0.261 e.